The fourth-order valence-electron chi connectivity index (χ4n) is 3.15. The predicted molar refractivity (Wildman–Crippen MR) is 120 cm³/mol. The Morgan fingerprint density at radius 3 is 2.57 bits per heavy atom. The number of hydrogen-bond acceptors (Lipinski definition) is 4. The molecule has 0 saturated carbocycles. The molecule has 156 valence electrons. The van der Waals surface area contributed by atoms with Gasteiger partial charge in [-0.1, -0.05) is 42.5 Å². The number of benzene rings is 2. The summed E-state index contributed by atoms with van der Waals surface area (Å²) in [7, 11) is 4.02. The lowest BCUT2D eigenvalue weighted by molar-refractivity contribution is -0.121. The third kappa shape index (κ3) is 6.42. The summed E-state index contributed by atoms with van der Waals surface area (Å²) in [6.07, 6.45) is 3.93. The van der Waals surface area contributed by atoms with Crippen LogP contribution < -0.4 is 10.1 Å². The van der Waals surface area contributed by atoms with E-state index in [0.29, 0.717) is 13.0 Å². The van der Waals surface area contributed by atoms with Crippen LogP contribution in [0.5, 0.6) is 5.75 Å². The molecule has 30 heavy (non-hydrogen) atoms. The molecule has 3 rings (SSSR count). The van der Waals surface area contributed by atoms with Gasteiger partial charge in [0.2, 0.25) is 5.91 Å². The summed E-state index contributed by atoms with van der Waals surface area (Å²) < 4.78 is 5.76. The molecule has 1 N–H and O–H groups in total. The molecular formula is C25H29N3O2. The second kappa shape index (κ2) is 10.6. The molecule has 0 radical (unpaired) electrons. The largest absolute Gasteiger partial charge is 0.492 e. The molecule has 0 aliphatic heterocycles. The van der Waals surface area contributed by atoms with E-state index in [1.807, 2.05) is 75.7 Å². The Morgan fingerprint density at radius 2 is 1.87 bits per heavy atom. The average molecular weight is 404 g/mol. The Kier molecular flexibility index (Phi) is 7.57. The number of carbonyl (C=O) groups is 1. The third-order valence-electron chi connectivity index (χ3n) is 4.85. The van der Waals surface area contributed by atoms with Crippen molar-refractivity contribution >= 4 is 5.91 Å². The summed E-state index contributed by atoms with van der Waals surface area (Å²) in [4.78, 5) is 18.8. The lowest BCUT2D eigenvalue weighted by Crippen LogP contribution is -2.28. The third-order valence-corrected chi connectivity index (χ3v) is 4.85. The second-order valence-electron chi connectivity index (χ2n) is 7.63. The SMILES string of the molecule is CC(NC(=O)Cc1cccc(OCCN(C)C)c1)c1ccc(-c2cccnc2)cc1. The van der Waals surface area contributed by atoms with Crippen LogP contribution in [0.15, 0.2) is 73.1 Å². The molecule has 0 bridgehead atoms. The minimum atomic E-state index is -0.0695. The number of hydrogen-bond donors (Lipinski definition) is 1. The normalized spacial score (nSPS) is 11.9. The molecule has 0 fully saturated rings. The molecule has 5 heteroatoms. The van der Waals surface area contributed by atoms with E-state index in [1.165, 1.54) is 0 Å². The van der Waals surface area contributed by atoms with Crippen molar-refractivity contribution in [3.63, 3.8) is 0 Å². The monoisotopic (exact) mass is 403 g/mol. The number of pyridine rings is 1. The van der Waals surface area contributed by atoms with Crippen molar-refractivity contribution in [2.75, 3.05) is 27.2 Å². The molecule has 0 spiro atoms. The van der Waals surface area contributed by atoms with Crippen molar-refractivity contribution in [2.45, 2.75) is 19.4 Å². The highest BCUT2D eigenvalue weighted by atomic mass is 16.5. The number of rotatable bonds is 9. The van der Waals surface area contributed by atoms with Crippen LogP contribution in [0.2, 0.25) is 0 Å². The van der Waals surface area contributed by atoms with Gasteiger partial charge in [0.1, 0.15) is 12.4 Å². The van der Waals surface area contributed by atoms with Crippen molar-refractivity contribution < 1.29 is 9.53 Å². The van der Waals surface area contributed by atoms with Crippen LogP contribution in [0.1, 0.15) is 24.1 Å². The highest BCUT2D eigenvalue weighted by Gasteiger charge is 2.11. The van der Waals surface area contributed by atoms with Crippen molar-refractivity contribution in [1.82, 2.24) is 15.2 Å². The Hall–Kier alpha value is -3.18. The number of likely N-dealkylation sites (N-methyl/N-ethyl adjacent to an activating group) is 1. The van der Waals surface area contributed by atoms with Gasteiger partial charge in [-0.05, 0) is 61.5 Å². The maximum Gasteiger partial charge on any atom is 0.224 e. The Labute approximate surface area is 178 Å². The van der Waals surface area contributed by atoms with Gasteiger partial charge < -0.3 is 15.0 Å². The van der Waals surface area contributed by atoms with Crippen molar-refractivity contribution in [2.24, 2.45) is 0 Å². The number of nitrogens with zero attached hydrogens (tertiary/aromatic N) is 2. The zero-order valence-electron chi connectivity index (χ0n) is 17.8. The van der Waals surface area contributed by atoms with Crippen LogP contribution in [0, 0.1) is 0 Å². The maximum absolute atomic E-state index is 12.5. The standard InChI is InChI=1S/C25H29N3O2/c1-19(21-9-11-22(12-10-21)23-7-5-13-26-18-23)27-25(29)17-20-6-4-8-24(16-20)30-15-14-28(2)3/h4-13,16,18-19H,14-15,17H2,1-3H3,(H,27,29). The van der Waals surface area contributed by atoms with Crippen LogP contribution in [0.25, 0.3) is 11.1 Å². The number of nitrogens with one attached hydrogen (secondary N) is 1. The fourth-order valence-corrected chi connectivity index (χ4v) is 3.15. The van der Waals surface area contributed by atoms with E-state index in [0.717, 1.165) is 34.5 Å². The zero-order valence-corrected chi connectivity index (χ0v) is 17.8. The van der Waals surface area contributed by atoms with Crippen LogP contribution in [0.4, 0.5) is 0 Å². The molecule has 1 heterocycles. The van der Waals surface area contributed by atoms with Gasteiger partial charge in [-0.15, -0.1) is 0 Å². The summed E-state index contributed by atoms with van der Waals surface area (Å²) in [6, 6.07) is 19.8. The summed E-state index contributed by atoms with van der Waals surface area (Å²) in [5.74, 6) is 0.783. The van der Waals surface area contributed by atoms with Gasteiger partial charge in [0.05, 0.1) is 12.5 Å². The first-order valence-electron chi connectivity index (χ1n) is 10.2. The van der Waals surface area contributed by atoms with Crippen molar-refractivity contribution in [3.05, 3.63) is 84.2 Å². The van der Waals surface area contributed by atoms with Crippen LogP contribution in [0.3, 0.4) is 0 Å². The van der Waals surface area contributed by atoms with Gasteiger partial charge in [0, 0.05) is 18.9 Å². The topological polar surface area (TPSA) is 54.5 Å². The first-order chi connectivity index (χ1) is 14.5. The summed E-state index contributed by atoms with van der Waals surface area (Å²) in [5.41, 5.74) is 4.19. The molecule has 1 unspecified atom stereocenters. The summed E-state index contributed by atoms with van der Waals surface area (Å²) in [5, 5.41) is 3.08. The minimum Gasteiger partial charge on any atom is -0.492 e. The lowest BCUT2D eigenvalue weighted by Gasteiger charge is -2.15. The number of amides is 1. The van der Waals surface area contributed by atoms with Gasteiger partial charge in [-0.2, -0.15) is 0 Å². The molecule has 0 aliphatic carbocycles. The molecule has 1 aromatic heterocycles. The highest BCUT2D eigenvalue weighted by Crippen LogP contribution is 2.21. The van der Waals surface area contributed by atoms with E-state index in [1.54, 1.807) is 6.20 Å². The van der Waals surface area contributed by atoms with Gasteiger partial charge in [0.25, 0.3) is 0 Å². The number of ether oxygens (including phenoxy) is 1. The first kappa shape index (κ1) is 21.5. The van der Waals surface area contributed by atoms with E-state index in [-0.39, 0.29) is 11.9 Å². The summed E-state index contributed by atoms with van der Waals surface area (Å²) >= 11 is 0. The second-order valence-corrected chi connectivity index (χ2v) is 7.63. The molecule has 1 atom stereocenters. The predicted octanol–water partition coefficient (Wildman–Crippen LogP) is 4.11. The molecular weight excluding hydrogens is 374 g/mol. The number of aromatic nitrogens is 1. The number of carbonyl (C=O) groups excluding carboxylic acids is 1. The lowest BCUT2D eigenvalue weighted by atomic mass is 10.0. The van der Waals surface area contributed by atoms with E-state index in [4.69, 9.17) is 4.74 Å². The Balaban J connectivity index is 1.54. The minimum absolute atomic E-state index is 0.00993. The molecule has 0 saturated heterocycles. The van der Waals surface area contributed by atoms with E-state index in [2.05, 4.69) is 27.3 Å². The van der Waals surface area contributed by atoms with Gasteiger partial charge in [-0.3, -0.25) is 9.78 Å². The summed E-state index contributed by atoms with van der Waals surface area (Å²) in [6.45, 7) is 3.47. The van der Waals surface area contributed by atoms with E-state index < -0.39 is 0 Å². The Bertz CT molecular complexity index is 940. The Morgan fingerprint density at radius 1 is 1.07 bits per heavy atom. The van der Waals surface area contributed by atoms with Crippen LogP contribution >= 0.6 is 0 Å². The van der Waals surface area contributed by atoms with E-state index in [9.17, 15) is 4.79 Å². The fraction of sp³-hybridized carbons (Fsp3) is 0.280. The van der Waals surface area contributed by atoms with Crippen molar-refractivity contribution in [1.29, 1.82) is 0 Å². The molecule has 5 nitrogen and oxygen atoms in total. The van der Waals surface area contributed by atoms with Crippen LogP contribution in [-0.2, 0) is 11.2 Å². The average Bonchev–Trinajstić information content (AvgIpc) is 2.74. The van der Waals surface area contributed by atoms with Gasteiger partial charge >= 0.3 is 0 Å². The highest BCUT2D eigenvalue weighted by molar-refractivity contribution is 5.79. The quantitative estimate of drug-likeness (QED) is 0.584. The van der Waals surface area contributed by atoms with Gasteiger partial charge in [0.15, 0.2) is 0 Å². The van der Waals surface area contributed by atoms with Crippen molar-refractivity contribution in [3.8, 4) is 16.9 Å². The van der Waals surface area contributed by atoms with Crippen LogP contribution in [-0.4, -0.2) is 43.0 Å². The molecule has 2 aromatic carbocycles. The molecule has 0 aliphatic rings. The zero-order chi connectivity index (χ0) is 21.3. The van der Waals surface area contributed by atoms with Gasteiger partial charge in [-0.25, -0.2) is 0 Å². The van der Waals surface area contributed by atoms with E-state index >= 15 is 0 Å². The molecule has 1 amide bonds. The molecule has 3 aromatic rings. The maximum atomic E-state index is 12.5. The first-order valence-corrected chi connectivity index (χ1v) is 10.2. The smallest absolute Gasteiger partial charge is 0.224 e.